The van der Waals surface area contributed by atoms with E-state index in [0.29, 0.717) is 99.1 Å². The lowest BCUT2D eigenvalue weighted by Crippen LogP contribution is -2.50. The number of nitrogens with two attached hydrogens (primary N) is 3. The first-order valence-corrected chi connectivity index (χ1v) is 49.7. The van der Waals surface area contributed by atoms with Crippen LogP contribution >= 0.6 is 0 Å². The smallest absolute Gasteiger partial charge is 0.251 e. The van der Waals surface area contributed by atoms with E-state index < -0.39 is 156 Å². The number of benzene rings is 5. The summed E-state index contributed by atoms with van der Waals surface area (Å²) in [5, 5.41) is 61.8. The Bertz CT molecular complexity index is 5270. The summed E-state index contributed by atoms with van der Waals surface area (Å²) in [5.74, 6) is -12.8. The first kappa shape index (κ1) is 116. The zero-order valence-corrected chi connectivity index (χ0v) is 83.4. The van der Waals surface area contributed by atoms with Crippen LogP contribution in [0, 0.1) is 57.7 Å². The second-order valence-corrected chi connectivity index (χ2v) is 37.2. The van der Waals surface area contributed by atoms with Gasteiger partial charge in [0.1, 0.15) is 17.3 Å². The lowest BCUT2D eigenvalue weighted by Gasteiger charge is -2.29. The average Bonchev–Trinajstić information content (AvgIpc) is 0.840. The van der Waals surface area contributed by atoms with Gasteiger partial charge in [0.25, 0.3) is 5.91 Å². The third kappa shape index (κ3) is 45.1. The molecule has 768 valence electrons. The van der Waals surface area contributed by atoms with Gasteiger partial charge in [-0.2, -0.15) is 0 Å². The highest BCUT2D eigenvalue weighted by Gasteiger charge is 2.38. The maximum atomic E-state index is 15.1. The number of carbonyl (C=O) groups is 14. The van der Waals surface area contributed by atoms with E-state index in [4.69, 9.17) is 33.4 Å². The second-order valence-electron chi connectivity index (χ2n) is 37.2. The highest BCUT2D eigenvalue weighted by Crippen LogP contribution is 2.28. The van der Waals surface area contributed by atoms with E-state index in [1.807, 2.05) is 122 Å². The van der Waals surface area contributed by atoms with Gasteiger partial charge in [0.2, 0.25) is 35.4 Å². The van der Waals surface area contributed by atoms with Crippen LogP contribution < -0.4 is 70.4 Å². The fourth-order valence-electron chi connectivity index (χ4n) is 16.7. The van der Waals surface area contributed by atoms with Gasteiger partial charge in [-0.05, 0) is 204 Å². The van der Waals surface area contributed by atoms with Crippen LogP contribution in [-0.4, -0.2) is 190 Å². The molecule has 0 aliphatic carbocycles. The summed E-state index contributed by atoms with van der Waals surface area (Å²) in [5.41, 5.74) is 23.4. The van der Waals surface area contributed by atoms with Gasteiger partial charge in [0, 0.05) is 144 Å². The van der Waals surface area contributed by atoms with Crippen LogP contribution in [0.5, 0.6) is 5.75 Å². The minimum absolute atomic E-state index is 0.00118. The zero-order valence-electron chi connectivity index (χ0n) is 83.4. The first-order chi connectivity index (χ1) is 68.6. The molecule has 0 radical (unpaired) electrons. The molecule has 7 rings (SSSR count). The number of carbonyl (C=O) groups excluding carboxylic acids is 14. The number of amidine groups is 1. The predicted molar refractivity (Wildman–Crippen MR) is 553 cm³/mol. The Morgan fingerprint density at radius 2 is 0.937 bits per heavy atom. The van der Waals surface area contributed by atoms with Gasteiger partial charge in [-0.15, -0.1) is 0 Å². The number of hydrogen-bond donors (Lipinski definition) is 17. The molecule has 10 atom stereocenters. The number of aromatic hydroxyl groups is 1. The van der Waals surface area contributed by atoms with Gasteiger partial charge in [-0.3, -0.25) is 98.2 Å². The second kappa shape index (κ2) is 63.6. The summed E-state index contributed by atoms with van der Waals surface area (Å²) in [6, 6.07) is 45.5. The number of amides is 7. The lowest BCUT2D eigenvalue weighted by molar-refractivity contribution is -0.137. The number of pyridine rings is 2. The van der Waals surface area contributed by atoms with Gasteiger partial charge < -0.3 is 75.5 Å². The quantitative estimate of drug-likeness (QED) is 0.00729. The predicted octanol–water partition coefficient (Wildman–Crippen LogP) is 10.6. The van der Waals surface area contributed by atoms with E-state index >= 15 is 4.79 Å². The molecule has 0 aliphatic rings. The number of hydrogen-bond acceptors (Lipinski definition) is 22. The van der Waals surface area contributed by atoms with Gasteiger partial charge in [0.15, 0.2) is 40.8 Å². The molecule has 0 bridgehead atoms. The summed E-state index contributed by atoms with van der Waals surface area (Å²) >= 11 is 0. The van der Waals surface area contributed by atoms with Gasteiger partial charge in [-0.1, -0.05) is 168 Å². The van der Waals surface area contributed by atoms with E-state index in [1.165, 1.54) is 26.0 Å². The highest BCUT2D eigenvalue weighted by molar-refractivity contribution is 6.00. The van der Waals surface area contributed by atoms with E-state index in [2.05, 4.69) is 63.1 Å². The molecule has 2 heterocycles. The number of phenolic OH excluding ortho intramolecular Hbond substituents is 1. The van der Waals surface area contributed by atoms with E-state index in [0.717, 1.165) is 22.5 Å². The summed E-state index contributed by atoms with van der Waals surface area (Å²) in [4.78, 5) is 210. The standard InChI is InChI=1S/C109H147N19O15/c1-7-73(4)92(107(143)127-102(72(2)3)99(136)66-85(60-78-26-11-8-12-27-78)104(140)122-68-91(132)51-52-100(137)124-93(35-24-57-116-75(6)111)97(134)65-83(31-23-58-120-108(112)113)105(141)125-94(36-25-59-121-109(114)115)96(133)64-82(74(5)129)30-16-19-53-110)67-98(135)95(62-79-28-13-9-14-29-79)126-106(142)84(61-80-43-49-89(130)50-44-80)63-90(131)34-15-10-20-56-119-103(139)81-45-39-76(40-46-81)37-38-77-41-47-86(48-42-77)123-101(138)71-128(69-87-32-17-21-54-117-87)70-88-33-18-22-55-118-88/h8-9,11-14,17-18,21-22,26-29,32-33,37-50,54-55,72-73,82-85,92-95,102,130H,7,10,15-16,19-20,23-25,30-31,34-36,51-53,56-71,110H2,1-6H3,(H2,111,116)(H,119,139)(H,122,140)(H,123,138)(H,124,137)(H,125,141)(H,126,142)(H,127,143)(H4,112,113,120)(H4,114,115,121)/b38-37+/t73-,82+,83-,84+,85+,92-,93-,94-,95-,102-/m0/s1. The number of ketones is 7. The molecule has 7 amide bonds. The van der Waals surface area contributed by atoms with Gasteiger partial charge >= 0.3 is 0 Å². The van der Waals surface area contributed by atoms with E-state index in [-0.39, 0.29) is 157 Å². The van der Waals surface area contributed by atoms with Crippen molar-refractivity contribution in [1.82, 2.24) is 62.7 Å². The number of aromatic nitrogens is 2. The number of Topliss-reactive ketones (excluding diaryl/α,β-unsaturated/α-hetero) is 7. The number of anilines is 1. The van der Waals surface area contributed by atoms with Crippen LogP contribution in [0.1, 0.15) is 226 Å². The Morgan fingerprint density at radius 3 is 1.49 bits per heavy atom. The molecule has 34 nitrogen and oxygen atoms in total. The molecule has 0 unspecified atom stereocenters. The minimum atomic E-state index is -1.20. The Labute approximate surface area is 839 Å². The van der Waals surface area contributed by atoms with Crippen molar-refractivity contribution < 1.29 is 72.2 Å². The summed E-state index contributed by atoms with van der Waals surface area (Å²) in [6.07, 6.45) is 9.89. The molecule has 34 heteroatoms. The molecule has 0 saturated carbocycles. The van der Waals surface area contributed by atoms with Crippen molar-refractivity contribution in [3.63, 3.8) is 0 Å². The number of rotatable bonds is 69. The molecule has 20 N–H and O–H groups in total. The maximum Gasteiger partial charge on any atom is 0.251 e. The molecule has 0 fully saturated rings. The van der Waals surface area contributed by atoms with Crippen LogP contribution in [0.15, 0.2) is 182 Å². The topological polar surface area (TPSA) is 558 Å². The molecule has 0 saturated heterocycles. The fraction of sp³-hybridized carbons (Fsp3) is 0.459. The van der Waals surface area contributed by atoms with Crippen molar-refractivity contribution in [1.29, 1.82) is 16.2 Å². The molecule has 143 heavy (non-hydrogen) atoms. The van der Waals surface area contributed by atoms with Crippen LogP contribution in [0.2, 0.25) is 0 Å². The first-order valence-electron chi connectivity index (χ1n) is 49.7. The van der Waals surface area contributed by atoms with Crippen molar-refractivity contribution >= 4 is 117 Å². The van der Waals surface area contributed by atoms with E-state index in [9.17, 15) is 67.4 Å². The van der Waals surface area contributed by atoms with Crippen LogP contribution in [-0.2, 0) is 94.7 Å². The lowest BCUT2D eigenvalue weighted by atomic mass is 9.83. The molecule has 0 aliphatic heterocycles. The average molecular weight is 1960 g/mol. The Morgan fingerprint density at radius 1 is 0.434 bits per heavy atom. The van der Waals surface area contributed by atoms with Crippen LogP contribution in [0.4, 0.5) is 5.69 Å². The Kier molecular flexibility index (Phi) is 51.5. The Balaban J connectivity index is 0.941. The molecule has 0 spiro atoms. The molecular weight excluding hydrogens is 1820 g/mol. The van der Waals surface area contributed by atoms with Crippen molar-refractivity contribution in [3.8, 4) is 5.75 Å². The van der Waals surface area contributed by atoms with Crippen molar-refractivity contribution in [2.24, 2.45) is 58.6 Å². The molecule has 7 aromatic rings. The molecule has 5 aromatic carbocycles. The number of nitrogens with one attached hydrogen (secondary N) is 13. The SMILES string of the molecule is CC[C@H](C)[C@H](CC(=O)[C@H](Cc1ccccc1)NC(=O)[C@@H](CC(=O)CCCCCNC(=O)c1ccc(/C=C/c2ccc(NC(=O)CN(Cc3ccccn3)Cc3ccccn3)cc2)cc1)Cc1ccc(O)cc1)C(=O)N[C@H](C(=O)C[C@@H](Cc1ccccc1)C(=O)NCC(=O)CCC(=O)N[C@@H](CCCNC(C)=N)C(=O)C[C@H](CCCNC(=N)N)C(=O)N[C@@H](CCCNC(=N)N)C(=O)C[C@@H](CCCCN)C(C)=O)C(C)C. The van der Waals surface area contributed by atoms with Gasteiger partial charge in [0.05, 0.1) is 54.5 Å². The van der Waals surface area contributed by atoms with Crippen LogP contribution in [0.3, 0.4) is 0 Å². The van der Waals surface area contributed by atoms with Gasteiger partial charge in [-0.25, -0.2) is 0 Å². The van der Waals surface area contributed by atoms with Crippen molar-refractivity contribution in [2.75, 3.05) is 51.1 Å². The Hall–Kier alpha value is -14.1. The zero-order chi connectivity index (χ0) is 104. The molecule has 2 aromatic heterocycles. The maximum absolute atomic E-state index is 15.1. The highest BCUT2D eigenvalue weighted by atomic mass is 16.3. The van der Waals surface area contributed by atoms with Crippen LogP contribution in [0.25, 0.3) is 12.2 Å². The minimum Gasteiger partial charge on any atom is -0.508 e. The summed E-state index contributed by atoms with van der Waals surface area (Å²) < 4.78 is 0. The summed E-state index contributed by atoms with van der Waals surface area (Å²) in [7, 11) is 0. The van der Waals surface area contributed by atoms with E-state index in [1.54, 1.807) is 93.0 Å². The van der Waals surface area contributed by atoms with Crippen molar-refractivity contribution in [2.45, 2.75) is 233 Å². The number of phenols is 1. The summed E-state index contributed by atoms with van der Waals surface area (Å²) in [6.45, 7) is 11.9. The monoisotopic (exact) mass is 1960 g/mol. The largest absolute Gasteiger partial charge is 0.508 e. The third-order valence-corrected chi connectivity index (χ3v) is 25.1. The number of unbranched alkanes of at least 4 members (excludes halogenated alkanes) is 3. The fourth-order valence-corrected chi connectivity index (χ4v) is 16.7. The third-order valence-electron chi connectivity index (χ3n) is 25.1. The molecular formula is C109H147N19O15. The number of guanidine groups is 2. The number of nitrogens with zero attached hydrogens (tertiary/aromatic N) is 3. The van der Waals surface area contributed by atoms with Crippen molar-refractivity contribution in [3.05, 3.63) is 227 Å². The normalized spacial score (nSPS) is 13.3.